The Bertz CT molecular complexity index is 828. The highest BCUT2D eigenvalue weighted by molar-refractivity contribution is 6.30. The molecule has 6 heteroatoms. The van der Waals surface area contributed by atoms with E-state index in [1.54, 1.807) is 12.3 Å². The zero-order valence-electron chi connectivity index (χ0n) is 12.0. The van der Waals surface area contributed by atoms with E-state index in [2.05, 4.69) is 15.6 Å². The summed E-state index contributed by atoms with van der Waals surface area (Å²) in [6, 6.07) is 11.0. The summed E-state index contributed by atoms with van der Waals surface area (Å²) in [6.45, 7) is 2.32. The van der Waals surface area contributed by atoms with Crippen molar-refractivity contribution in [3.05, 3.63) is 65.1 Å². The number of imidazole rings is 1. The van der Waals surface area contributed by atoms with E-state index < -0.39 is 0 Å². The number of aromatic nitrogens is 2. The average molecular weight is 315 g/mol. The minimum atomic E-state index is -0.263. The van der Waals surface area contributed by atoms with Crippen LogP contribution in [-0.2, 0) is 6.54 Å². The van der Waals surface area contributed by atoms with Crippen LogP contribution in [0.1, 0.15) is 11.3 Å². The molecular weight excluding hydrogens is 300 g/mol. The number of urea groups is 1. The molecule has 2 heterocycles. The number of aryl methyl sites for hydroxylation is 1. The zero-order chi connectivity index (χ0) is 15.5. The molecule has 0 aliphatic carbocycles. The number of hydrogen-bond donors (Lipinski definition) is 2. The number of pyridine rings is 1. The molecule has 2 amide bonds. The summed E-state index contributed by atoms with van der Waals surface area (Å²) in [5.74, 6) is 0. The number of carbonyl (C=O) groups excluding carboxylic acids is 1. The Labute approximate surface area is 132 Å². The maximum Gasteiger partial charge on any atom is 0.319 e. The zero-order valence-corrected chi connectivity index (χ0v) is 12.8. The number of anilines is 1. The molecule has 0 spiro atoms. The van der Waals surface area contributed by atoms with Gasteiger partial charge in [0.15, 0.2) is 0 Å². The van der Waals surface area contributed by atoms with E-state index in [0.29, 0.717) is 11.6 Å². The summed E-state index contributed by atoms with van der Waals surface area (Å²) < 4.78 is 1.83. The van der Waals surface area contributed by atoms with E-state index in [4.69, 9.17) is 11.6 Å². The lowest BCUT2D eigenvalue weighted by Gasteiger charge is -2.06. The van der Waals surface area contributed by atoms with Crippen molar-refractivity contribution >= 4 is 29.0 Å². The second-order valence-corrected chi connectivity index (χ2v) is 5.46. The number of nitrogens with zero attached hydrogens (tertiary/aromatic N) is 2. The Morgan fingerprint density at radius 3 is 2.95 bits per heavy atom. The third-order valence-corrected chi connectivity index (χ3v) is 3.39. The minimum Gasteiger partial charge on any atom is -0.332 e. The number of carbonyl (C=O) groups is 1. The monoisotopic (exact) mass is 314 g/mol. The van der Waals surface area contributed by atoms with E-state index in [1.165, 1.54) is 0 Å². The highest BCUT2D eigenvalue weighted by atomic mass is 35.5. The van der Waals surface area contributed by atoms with Crippen LogP contribution in [0.25, 0.3) is 5.65 Å². The first kappa shape index (κ1) is 14.4. The first-order valence-corrected chi connectivity index (χ1v) is 7.22. The fourth-order valence-electron chi connectivity index (χ4n) is 2.17. The van der Waals surface area contributed by atoms with Gasteiger partial charge in [-0.3, -0.25) is 0 Å². The molecule has 2 N–H and O–H groups in total. The van der Waals surface area contributed by atoms with Crippen molar-refractivity contribution in [2.75, 3.05) is 5.32 Å². The lowest BCUT2D eigenvalue weighted by Crippen LogP contribution is -2.28. The fraction of sp³-hybridized carbons (Fsp3) is 0.125. The molecule has 2 aromatic heterocycles. The number of rotatable bonds is 3. The molecular formula is C16H15ClN4O. The van der Waals surface area contributed by atoms with Crippen molar-refractivity contribution in [3.8, 4) is 0 Å². The van der Waals surface area contributed by atoms with Gasteiger partial charge in [-0.2, -0.15) is 0 Å². The minimum absolute atomic E-state index is 0.263. The molecule has 0 aliphatic heterocycles. The van der Waals surface area contributed by atoms with Gasteiger partial charge >= 0.3 is 6.03 Å². The summed E-state index contributed by atoms with van der Waals surface area (Å²) in [5.41, 5.74) is 3.41. The third kappa shape index (κ3) is 3.38. The van der Waals surface area contributed by atoms with Gasteiger partial charge in [0.25, 0.3) is 0 Å². The second-order valence-electron chi connectivity index (χ2n) is 5.02. The highest BCUT2D eigenvalue weighted by Gasteiger charge is 2.05. The van der Waals surface area contributed by atoms with Gasteiger partial charge in [0, 0.05) is 18.1 Å². The molecule has 0 fully saturated rings. The van der Waals surface area contributed by atoms with Gasteiger partial charge < -0.3 is 15.0 Å². The van der Waals surface area contributed by atoms with Crippen LogP contribution >= 0.6 is 11.6 Å². The smallest absolute Gasteiger partial charge is 0.319 e. The van der Waals surface area contributed by atoms with Crippen molar-refractivity contribution in [2.45, 2.75) is 13.5 Å². The number of hydrogen-bond acceptors (Lipinski definition) is 2. The van der Waals surface area contributed by atoms with Gasteiger partial charge in [0.2, 0.25) is 0 Å². The molecule has 5 nitrogen and oxygen atoms in total. The first-order chi connectivity index (χ1) is 10.6. The molecule has 3 aromatic rings. The lowest BCUT2D eigenvalue weighted by atomic mass is 10.2. The Balaban J connectivity index is 1.62. The summed E-state index contributed by atoms with van der Waals surface area (Å²) in [4.78, 5) is 16.3. The van der Waals surface area contributed by atoms with Gasteiger partial charge in [-0.1, -0.05) is 23.7 Å². The maximum absolute atomic E-state index is 11.9. The van der Waals surface area contributed by atoms with Crippen LogP contribution < -0.4 is 10.6 Å². The van der Waals surface area contributed by atoms with Crippen LogP contribution in [0.2, 0.25) is 5.02 Å². The molecule has 112 valence electrons. The summed E-state index contributed by atoms with van der Waals surface area (Å²) >= 11 is 5.93. The van der Waals surface area contributed by atoms with Crippen molar-refractivity contribution < 1.29 is 4.79 Å². The van der Waals surface area contributed by atoms with Crippen LogP contribution in [0, 0.1) is 6.92 Å². The van der Waals surface area contributed by atoms with Crippen LogP contribution in [0.3, 0.4) is 0 Å². The van der Waals surface area contributed by atoms with Crippen molar-refractivity contribution in [1.29, 1.82) is 0 Å². The summed E-state index contributed by atoms with van der Waals surface area (Å²) in [7, 11) is 0. The van der Waals surface area contributed by atoms with Gasteiger partial charge in [-0.05, 0) is 36.8 Å². The highest BCUT2D eigenvalue weighted by Crippen LogP contribution is 2.12. The molecule has 1 aromatic carbocycles. The van der Waals surface area contributed by atoms with Crippen molar-refractivity contribution in [1.82, 2.24) is 14.7 Å². The molecule has 0 bridgehead atoms. The third-order valence-electron chi connectivity index (χ3n) is 3.17. The largest absolute Gasteiger partial charge is 0.332 e. The van der Waals surface area contributed by atoms with Gasteiger partial charge in [-0.25, -0.2) is 9.78 Å². The molecule has 0 unspecified atom stereocenters. The molecule has 22 heavy (non-hydrogen) atoms. The topological polar surface area (TPSA) is 58.4 Å². The maximum atomic E-state index is 11.9. The number of amides is 2. The summed E-state index contributed by atoms with van der Waals surface area (Å²) in [5, 5.41) is 6.21. The van der Waals surface area contributed by atoms with E-state index >= 15 is 0 Å². The lowest BCUT2D eigenvalue weighted by molar-refractivity contribution is 0.251. The van der Waals surface area contributed by atoms with Crippen LogP contribution in [0.5, 0.6) is 0 Å². The fourth-order valence-corrected chi connectivity index (χ4v) is 2.34. The SMILES string of the molecule is Cc1cccc(NC(=O)NCc2cn3cc(Cl)ccc3n2)c1. The molecule has 0 aliphatic rings. The van der Waals surface area contributed by atoms with E-state index in [0.717, 1.165) is 22.6 Å². The molecule has 0 saturated carbocycles. The number of halogens is 1. The number of nitrogens with one attached hydrogen (secondary N) is 2. The first-order valence-electron chi connectivity index (χ1n) is 6.85. The normalized spacial score (nSPS) is 10.6. The van der Waals surface area contributed by atoms with Crippen LogP contribution in [-0.4, -0.2) is 15.4 Å². The molecule has 0 saturated heterocycles. The number of benzene rings is 1. The summed E-state index contributed by atoms with van der Waals surface area (Å²) in [6.07, 6.45) is 3.62. The quantitative estimate of drug-likeness (QED) is 0.775. The van der Waals surface area contributed by atoms with Crippen molar-refractivity contribution in [3.63, 3.8) is 0 Å². The molecule has 3 rings (SSSR count). The van der Waals surface area contributed by atoms with Crippen LogP contribution in [0.15, 0.2) is 48.8 Å². The standard InChI is InChI=1S/C16H15ClN4O/c1-11-3-2-4-13(7-11)20-16(22)18-8-14-10-21-9-12(17)5-6-15(21)19-14/h2-7,9-10H,8H2,1H3,(H2,18,20,22). The van der Waals surface area contributed by atoms with Gasteiger partial charge in [-0.15, -0.1) is 0 Å². The Hall–Kier alpha value is -2.53. The van der Waals surface area contributed by atoms with Gasteiger partial charge in [0.1, 0.15) is 5.65 Å². The Kier molecular flexibility index (Phi) is 3.98. The van der Waals surface area contributed by atoms with E-state index in [1.807, 2.05) is 47.9 Å². The van der Waals surface area contributed by atoms with Gasteiger partial charge in [0.05, 0.1) is 17.3 Å². The van der Waals surface area contributed by atoms with E-state index in [-0.39, 0.29) is 6.03 Å². The average Bonchev–Trinajstić information content (AvgIpc) is 2.87. The molecule has 0 radical (unpaired) electrons. The molecule has 0 atom stereocenters. The Morgan fingerprint density at radius 1 is 1.27 bits per heavy atom. The van der Waals surface area contributed by atoms with Crippen LogP contribution in [0.4, 0.5) is 10.5 Å². The Morgan fingerprint density at radius 2 is 2.14 bits per heavy atom. The predicted octanol–water partition coefficient (Wildman–Crippen LogP) is 3.62. The second kappa shape index (κ2) is 6.07. The van der Waals surface area contributed by atoms with E-state index in [9.17, 15) is 4.79 Å². The predicted molar refractivity (Wildman–Crippen MR) is 87.2 cm³/mol. The van der Waals surface area contributed by atoms with Crippen molar-refractivity contribution in [2.24, 2.45) is 0 Å². The number of fused-ring (bicyclic) bond motifs is 1.